The molecule has 2 N–H and O–H groups in total. The van der Waals surface area contributed by atoms with Crippen LogP contribution in [-0.4, -0.2) is 16.3 Å². The van der Waals surface area contributed by atoms with Crippen LogP contribution in [0.1, 0.15) is 23.2 Å². The highest BCUT2D eigenvalue weighted by molar-refractivity contribution is 6.13. The zero-order valence-corrected chi connectivity index (χ0v) is 8.81. The molecule has 1 saturated carbocycles. The summed E-state index contributed by atoms with van der Waals surface area (Å²) < 4.78 is 0. The van der Waals surface area contributed by atoms with E-state index in [1.165, 1.54) is 0 Å². The molecule has 3 nitrogen and oxygen atoms in total. The minimum absolute atomic E-state index is 0.0473. The first kappa shape index (κ1) is 9.48. The van der Waals surface area contributed by atoms with Gasteiger partial charge in [-0.25, -0.2) is 0 Å². The number of hydrogen-bond acceptors (Lipinski definition) is 3. The van der Waals surface area contributed by atoms with Crippen LogP contribution in [0.5, 0.6) is 0 Å². The van der Waals surface area contributed by atoms with E-state index in [-0.39, 0.29) is 5.78 Å². The van der Waals surface area contributed by atoms with Crippen LogP contribution in [0.3, 0.4) is 0 Å². The lowest BCUT2D eigenvalue weighted by molar-refractivity contribution is 0.0951. The van der Waals surface area contributed by atoms with Gasteiger partial charge >= 0.3 is 0 Å². The molecule has 0 bridgehead atoms. The second-order valence-electron chi connectivity index (χ2n) is 4.36. The number of hydrogen-bond donors (Lipinski definition) is 1. The van der Waals surface area contributed by atoms with Crippen molar-refractivity contribution >= 4 is 16.7 Å². The smallest absolute Gasteiger partial charge is 0.183 e. The number of ketones is 1. The molecule has 1 aromatic heterocycles. The van der Waals surface area contributed by atoms with Gasteiger partial charge in [-0.2, -0.15) is 0 Å². The fourth-order valence-electron chi connectivity index (χ4n) is 1.93. The molecule has 2 aromatic rings. The second-order valence-corrected chi connectivity index (χ2v) is 4.36. The first-order valence-electron chi connectivity index (χ1n) is 5.38. The van der Waals surface area contributed by atoms with Crippen molar-refractivity contribution in [2.75, 3.05) is 0 Å². The quantitative estimate of drug-likeness (QED) is 0.773. The van der Waals surface area contributed by atoms with E-state index in [1.54, 1.807) is 6.20 Å². The topological polar surface area (TPSA) is 56.0 Å². The van der Waals surface area contributed by atoms with Gasteiger partial charge in [-0.1, -0.05) is 18.2 Å². The minimum atomic E-state index is -0.607. The summed E-state index contributed by atoms with van der Waals surface area (Å²) in [6, 6.07) is 9.35. The van der Waals surface area contributed by atoms with Crippen molar-refractivity contribution in [1.82, 2.24) is 4.98 Å². The molecule has 0 radical (unpaired) electrons. The first-order chi connectivity index (χ1) is 7.71. The summed E-state index contributed by atoms with van der Waals surface area (Å²) in [6.45, 7) is 0. The van der Waals surface area contributed by atoms with Crippen molar-refractivity contribution in [2.24, 2.45) is 5.73 Å². The average Bonchev–Trinajstić information content (AvgIpc) is 3.07. The largest absolute Gasteiger partial charge is 0.319 e. The molecule has 3 heteroatoms. The molecule has 1 fully saturated rings. The lowest BCUT2D eigenvalue weighted by Gasteiger charge is -2.09. The van der Waals surface area contributed by atoms with Crippen molar-refractivity contribution in [3.63, 3.8) is 0 Å². The molecule has 1 heterocycles. The third-order valence-corrected chi connectivity index (χ3v) is 3.13. The Balaban J connectivity index is 2.20. The molecule has 0 saturated heterocycles. The molecule has 0 spiro atoms. The van der Waals surface area contributed by atoms with Crippen LogP contribution in [0.4, 0.5) is 0 Å². The Morgan fingerprint density at radius 2 is 2.06 bits per heavy atom. The fraction of sp³-hybridized carbons (Fsp3) is 0.231. The number of carbonyl (C=O) groups excluding carboxylic acids is 1. The number of Topliss-reactive ketones (excluding diaryl/α,β-unsaturated/α-hetero) is 1. The predicted molar refractivity (Wildman–Crippen MR) is 62.2 cm³/mol. The maximum Gasteiger partial charge on any atom is 0.183 e. The summed E-state index contributed by atoms with van der Waals surface area (Å²) in [7, 11) is 0. The van der Waals surface area contributed by atoms with Crippen molar-refractivity contribution in [2.45, 2.75) is 18.4 Å². The van der Waals surface area contributed by atoms with Gasteiger partial charge in [0.25, 0.3) is 0 Å². The summed E-state index contributed by atoms with van der Waals surface area (Å²) in [5.74, 6) is 0.0473. The van der Waals surface area contributed by atoms with Crippen LogP contribution < -0.4 is 5.73 Å². The summed E-state index contributed by atoms with van der Waals surface area (Å²) >= 11 is 0. The van der Waals surface area contributed by atoms with Crippen LogP contribution in [0, 0.1) is 0 Å². The molecule has 0 amide bonds. The number of nitrogens with zero attached hydrogens (tertiary/aromatic N) is 1. The van der Waals surface area contributed by atoms with Crippen molar-refractivity contribution < 1.29 is 4.79 Å². The van der Waals surface area contributed by atoms with Gasteiger partial charge in [0.2, 0.25) is 0 Å². The molecule has 80 valence electrons. The monoisotopic (exact) mass is 212 g/mol. The third-order valence-electron chi connectivity index (χ3n) is 3.13. The Morgan fingerprint density at radius 1 is 1.25 bits per heavy atom. The van der Waals surface area contributed by atoms with E-state index in [0.717, 1.165) is 23.7 Å². The highest BCUT2D eigenvalue weighted by atomic mass is 16.1. The van der Waals surface area contributed by atoms with Gasteiger partial charge in [-0.3, -0.25) is 9.78 Å². The molecule has 1 aliphatic carbocycles. The zero-order valence-electron chi connectivity index (χ0n) is 8.81. The van der Waals surface area contributed by atoms with E-state index >= 15 is 0 Å². The molecule has 16 heavy (non-hydrogen) atoms. The van der Waals surface area contributed by atoms with Gasteiger partial charge < -0.3 is 5.73 Å². The van der Waals surface area contributed by atoms with E-state index in [4.69, 9.17) is 5.73 Å². The minimum Gasteiger partial charge on any atom is -0.319 e. The molecule has 0 unspecified atom stereocenters. The zero-order chi connectivity index (χ0) is 11.2. The predicted octanol–water partition coefficient (Wildman–Crippen LogP) is 1.91. The molecule has 0 aliphatic heterocycles. The van der Waals surface area contributed by atoms with Crippen LogP contribution in [0.2, 0.25) is 0 Å². The van der Waals surface area contributed by atoms with Gasteiger partial charge in [-0.05, 0) is 25.0 Å². The van der Waals surface area contributed by atoms with E-state index in [0.29, 0.717) is 5.56 Å². The van der Waals surface area contributed by atoms with Crippen LogP contribution in [0.15, 0.2) is 36.5 Å². The molecule has 3 rings (SSSR count). The Labute approximate surface area is 93.3 Å². The summed E-state index contributed by atoms with van der Waals surface area (Å²) in [5.41, 5.74) is 6.88. The van der Waals surface area contributed by atoms with Crippen molar-refractivity contribution in [3.8, 4) is 0 Å². The maximum absolute atomic E-state index is 12.2. The van der Waals surface area contributed by atoms with Gasteiger partial charge in [-0.15, -0.1) is 0 Å². The van der Waals surface area contributed by atoms with E-state index in [2.05, 4.69) is 4.98 Å². The maximum atomic E-state index is 12.2. The summed E-state index contributed by atoms with van der Waals surface area (Å²) in [4.78, 5) is 16.4. The fourth-order valence-corrected chi connectivity index (χ4v) is 1.93. The van der Waals surface area contributed by atoms with Crippen LogP contribution >= 0.6 is 0 Å². The van der Waals surface area contributed by atoms with E-state index in [9.17, 15) is 4.79 Å². The Kier molecular flexibility index (Phi) is 1.85. The number of carbonyl (C=O) groups is 1. The van der Waals surface area contributed by atoms with E-state index < -0.39 is 5.54 Å². The number of benzene rings is 1. The Hall–Kier alpha value is -1.74. The van der Waals surface area contributed by atoms with Gasteiger partial charge in [0.15, 0.2) is 5.78 Å². The van der Waals surface area contributed by atoms with Gasteiger partial charge in [0, 0.05) is 17.1 Å². The van der Waals surface area contributed by atoms with Crippen molar-refractivity contribution in [1.29, 1.82) is 0 Å². The third kappa shape index (κ3) is 1.32. The molecular formula is C13H12N2O. The number of rotatable bonds is 2. The molecular weight excluding hydrogens is 200 g/mol. The lowest BCUT2D eigenvalue weighted by Crippen LogP contribution is -2.32. The van der Waals surface area contributed by atoms with E-state index in [1.807, 2.05) is 30.3 Å². The average molecular weight is 212 g/mol. The van der Waals surface area contributed by atoms with Gasteiger partial charge in [0.05, 0.1) is 11.1 Å². The molecule has 1 aliphatic rings. The highest BCUT2D eigenvalue weighted by Gasteiger charge is 2.46. The number of aromatic nitrogens is 1. The standard InChI is InChI=1S/C13H12N2O/c14-13(6-7-13)12(16)10-3-1-5-11-9(10)4-2-8-15-11/h1-5,8H,6-7,14H2. The summed E-state index contributed by atoms with van der Waals surface area (Å²) in [5, 5.41) is 0.895. The van der Waals surface area contributed by atoms with Gasteiger partial charge in [0.1, 0.15) is 0 Å². The normalized spacial score (nSPS) is 17.3. The second kappa shape index (κ2) is 3.12. The van der Waals surface area contributed by atoms with Crippen LogP contribution in [-0.2, 0) is 0 Å². The van der Waals surface area contributed by atoms with Crippen LogP contribution in [0.25, 0.3) is 10.9 Å². The number of fused-ring (bicyclic) bond motifs is 1. The SMILES string of the molecule is NC1(C(=O)c2cccc3ncccc23)CC1. The lowest BCUT2D eigenvalue weighted by atomic mass is 9.99. The highest BCUT2D eigenvalue weighted by Crippen LogP contribution is 2.36. The van der Waals surface area contributed by atoms with Crippen molar-refractivity contribution in [3.05, 3.63) is 42.1 Å². The molecule has 1 aromatic carbocycles. The number of pyridine rings is 1. The number of nitrogens with two attached hydrogens (primary N) is 1. The molecule has 0 atom stereocenters. The Bertz CT molecular complexity index is 568. The Morgan fingerprint density at radius 3 is 2.81 bits per heavy atom. The first-order valence-corrected chi connectivity index (χ1v) is 5.38. The summed E-state index contributed by atoms with van der Waals surface area (Å²) in [6.07, 6.45) is 3.32.